The predicted octanol–water partition coefficient (Wildman–Crippen LogP) is 2.36. The molecule has 0 fully saturated rings. The van der Waals surface area contributed by atoms with Crippen LogP contribution in [0.5, 0.6) is 0 Å². The minimum absolute atomic E-state index is 0.871. The lowest BCUT2D eigenvalue weighted by Crippen LogP contribution is -2.30. The van der Waals surface area contributed by atoms with Crippen LogP contribution in [0.3, 0.4) is 0 Å². The molecule has 0 bridgehead atoms. The molecule has 0 saturated carbocycles. The van der Waals surface area contributed by atoms with E-state index in [1.807, 2.05) is 19.4 Å². The molecular weight excluding hydrogens is 248 g/mol. The average molecular weight is 278 g/mol. The fourth-order valence-electron chi connectivity index (χ4n) is 2.53. The van der Waals surface area contributed by atoms with Crippen molar-refractivity contribution in [3.8, 4) is 0 Å². The number of rotatable bonds is 10. The van der Waals surface area contributed by atoms with Crippen LogP contribution in [-0.4, -0.2) is 49.7 Å². The van der Waals surface area contributed by atoms with Gasteiger partial charge in [-0.25, -0.2) is 0 Å². The van der Waals surface area contributed by atoms with E-state index >= 15 is 0 Å². The predicted molar refractivity (Wildman–Crippen MR) is 87.3 cm³/mol. The Labute approximate surface area is 124 Å². The lowest BCUT2D eigenvalue weighted by Gasteiger charge is -2.27. The van der Waals surface area contributed by atoms with E-state index in [-0.39, 0.29) is 0 Å². The normalized spacial score (nSPS) is 11.1. The van der Waals surface area contributed by atoms with Crippen molar-refractivity contribution in [1.82, 2.24) is 15.2 Å². The Morgan fingerprint density at radius 3 is 2.45 bits per heavy atom. The van der Waals surface area contributed by atoms with Crippen LogP contribution < -0.4 is 10.2 Å². The number of nitrogens with one attached hydrogen (secondary N) is 1. The van der Waals surface area contributed by atoms with E-state index in [1.165, 1.54) is 24.2 Å². The molecule has 20 heavy (non-hydrogen) atoms. The molecular formula is C16H30N4. The van der Waals surface area contributed by atoms with Crippen LogP contribution in [0.15, 0.2) is 18.5 Å². The van der Waals surface area contributed by atoms with Crippen LogP contribution in [0.1, 0.15) is 32.8 Å². The fourth-order valence-corrected chi connectivity index (χ4v) is 2.53. The van der Waals surface area contributed by atoms with Crippen LogP contribution in [-0.2, 0) is 6.54 Å². The van der Waals surface area contributed by atoms with Crippen molar-refractivity contribution in [2.75, 3.05) is 44.7 Å². The Morgan fingerprint density at radius 1 is 1.10 bits per heavy atom. The molecule has 1 aromatic heterocycles. The molecule has 4 nitrogen and oxygen atoms in total. The molecule has 1 rings (SSSR count). The van der Waals surface area contributed by atoms with Gasteiger partial charge in [0.1, 0.15) is 0 Å². The topological polar surface area (TPSA) is 31.4 Å². The lowest BCUT2D eigenvalue weighted by molar-refractivity contribution is 0.300. The van der Waals surface area contributed by atoms with Crippen molar-refractivity contribution in [2.45, 2.75) is 33.7 Å². The van der Waals surface area contributed by atoms with Crippen molar-refractivity contribution >= 4 is 5.69 Å². The van der Waals surface area contributed by atoms with E-state index in [1.54, 1.807) is 0 Å². The summed E-state index contributed by atoms with van der Waals surface area (Å²) >= 11 is 0. The minimum atomic E-state index is 0.871. The zero-order valence-electron chi connectivity index (χ0n) is 13.5. The van der Waals surface area contributed by atoms with Gasteiger partial charge in [0, 0.05) is 43.3 Å². The first-order valence-corrected chi connectivity index (χ1v) is 7.81. The molecule has 1 heterocycles. The summed E-state index contributed by atoms with van der Waals surface area (Å²) in [7, 11) is 1.98. The standard InChI is InChI=1S/C16H30N4/c1-5-19(6-2)11-8-12-20(7-3)16-9-10-18-14-15(16)13-17-4/h9-10,14,17H,5-8,11-13H2,1-4H3. The van der Waals surface area contributed by atoms with Crippen LogP contribution in [0.2, 0.25) is 0 Å². The third-order valence-corrected chi connectivity index (χ3v) is 3.76. The maximum Gasteiger partial charge on any atom is 0.0442 e. The highest BCUT2D eigenvalue weighted by molar-refractivity contribution is 5.52. The highest BCUT2D eigenvalue weighted by Gasteiger charge is 2.09. The first kappa shape index (κ1) is 16.9. The summed E-state index contributed by atoms with van der Waals surface area (Å²) in [5.74, 6) is 0. The number of nitrogens with zero attached hydrogens (tertiary/aromatic N) is 3. The summed E-state index contributed by atoms with van der Waals surface area (Å²) in [4.78, 5) is 9.18. The largest absolute Gasteiger partial charge is 0.371 e. The Hall–Kier alpha value is -1.13. The number of hydrogen-bond donors (Lipinski definition) is 1. The summed E-state index contributed by atoms with van der Waals surface area (Å²) in [6.45, 7) is 13.2. The van der Waals surface area contributed by atoms with E-state index < -0.39 is 0 Å². The lowest BCUT2D eigenvalue weighted by atomic mass is 10.2. The van der Waals surface area contributed by atoms with Gasteiger partial charge in [-0.2, -0.15) is 0 Å². The first-order chi connectivity index (χ1) is 9.76. The third kappa shape index (κ3) is 5.10. The Kier molecular flexibility index (Phi) is 8.23. The number of pyridine rings is 1. The number of anilines is 1. The Morgan fingerprint density at radius 2 is 1.85 bits per heavy atom. The zero-order valence-corrected chi connectivity index (χ0v) is 13.5. The van der Waals surface area contributed by atoms with Gasteiger partial charge in [0.15, 0.2) is 0 Å². The molecule has 0 saturated heterocycles. The number of aromatic nitrogens is 1. The summed E-state index contributed by atoms with van der Waals surface area (Å²) in [5.41, 5.74) is 2.59. The van der Waals surface area contributed by atoms with Gasteiger partial charge in [-0.15, -0.1) is 0 Å². The van der Waals surface area contributed by atoms with Gasteiger partial charge in [-0.3, -0.25) is 4.98 Å². The second-order valence-electron chi connectivity index (χ2n) is 4.99. The summed E-state index contributed by atoms with van der Waals surface area (Å²) in [6.07, 6.45) is 5.07. The van der Waals surface area contributed by atoms with Gasteiger partial charge in [0.05, 0.1) is 0 Å². The molecule has 0 atom stereocenters. The fraction of sp³-hybridized carbons (Fsp3) is 0.688. The van der Waals surface area contributed by atoms with Crippen molar-refractivity contribution in [1.29, 1.82) is 0 Å². The maximum atomic E-state index is 4.24. The van der Waals surface area contributed by atoms with E-state index in [2.05, 4.69) is 46.9 Å². The van der Waals surface area contributed by atoms with Crippen LogP contribution in [0.25, 0.3) is 0 Å². The van der Waals surface area contributed by atoms with Gasteiger partial charge >= 0.3 is 0 Å². The first-order valence-electron chi connectivity index (χ1n) is 7.81. The zero-order chi connectivity index (χ0) is 14.8. The third-order valence-electron chi connectivity index (χ3n) is 3.76. The molecule has 4 heteroatoms. The van der Waals surface area contributed by atoms with Crippen molar-refractivity contribution in [3.05, 3.63) is 24.0 Å². The summed E-state index contributed by atoms with van der Waals surface area (Å²) in [5, 5.41) is 3.22. The quantitative estimate of drug-likeness (QED) is 0.712. The molecule has 0 aliphatic carbocycles. The SMILES string of the molecule is CCN(CC)CCCN(CC)c1ccncc1CNC. The van der Waals surface area contributed by atoms with Crippen molar-refractivity contribution < 1.29 is 0 Å². The van der Waals surface area contributed by atoms with Crippen molar-refractivity contribution in [2.24, 2.45) is 0 Å². The number of hydrogen-bond acceptors (Lipinski definition) is 4. The summed E-state index contributed by atoms with van der Waals surface area (Å²) in [6, 6.07) is 2.13. The highest BCUT2D eigenvalue weighted by atomic mass is 15.1. The second kappa shape index (κ2) is 9.72. The molecule has 1 N–H and O–H groups in total. The average Bonchev–Trinajstić information content (AvgIpc) is 2.49. The molecule has 1 aromatic rings. The smallest absolute Gasteiger partial charge is 0.0442 e. The van der Waals surface area contributed by atoms with Gasteiger partial charge in [0.2, 0.25) is 0 Å². The second-order valence-corrected chi connectivity index (χ2v) is 4.99. The summed E-state index contributed by atoms with van der Waals surface area (Å²) < 4.78 is 0. The van der Waals surface area contributed by atoms with Gasteiger partial charge in [-0.05, 0) is 46.1 Å². The molecule has 0 unspecified atom stereocenters. The Bertz CT molecular complexity index is 363. The molecule has 0 radical (unpaired) electrons. The molecule has 0 aliphatic heterocycles. The van der Waals surface area contributed by atoms with E-state index in [9.17, 15) is 0 Å². The highest BCUT2D eigenvalue weighted by Crippen LogP contribution is 2.19. The molecule has 0 spiro atoms. The van der Waals surface area contributed by atoms with E-state index in [4.69, 9.17) is 0 Å². The van der Waals surface area contributed by atoms with Crippen LogP contribution in [0.4, 0.5) is 5.69 Å². The van der Waals surface area contributed by atoms with Crippen LogP contribution >= 0.6 is 0 Å². The van der Waals surface area contributed by atoms with E-state index in [0.717, 1.165) is 32.7 Å². The Balaban J connectivity index is 2.61. The van der Waals surface area contributed by atoms with Gasteiger partial charge < -0.3 is 15.1 Å². The molecule has 0 aromatic carbocycles. The molecule has 0 aliphatic rings. The van der Waals surface area contributed by atoms with Crippen molar-refractivity contribution in [3.63, 3.8) is 0 Å². The minimum Gasteiger partial charge on any atom is -0.371 e. The van der Waals surface area contributed by atoms with Gasteiger partial charge in [0.25, 0.3) is 0 Å². The van der Waals surface area contributed by atoms with E-state index in [0.29, 0.717) is 0 Å². The maximum absolute atomic E-state index is 4.24. The molecule has 114 valence electrons. The monoisotopic (exact) mass is 278 g/mol. The molecule has 0 amide bonds. The van der Waals surface area contributed by atoms with Gasteiger partial charge in [-0.1, -0.05) is 13.8 Å². The van der Waals surface area contributed by atoms with Crippen LogP contribution in [0, 0.1) is 0 Å².